The van der Waals surface area contributed by atoms with Crippen LogP contribution in [0.15, 0.2) is 0 Å². The van der Waals surface area contributed by atoms with Gasteiger partial charge < -0.3 is 5.73 Å². The van der Waals surface area contributed by atoms with Crippen molar-refractivity contribution < 1.29 is 0 Å². The summed E-state index contributed by atoms with van der Waals surface area (Å²) in [6.45, 7) is 7.18. The van der Waals surface area contributed by atoms with Crippen molar-refractivity contribution in [1.29, 1.82) is 0 Å². The Morgan fingerprint density at radius 2 is 2.21 bits per heavy atom. The molecule has 0 aliphatic rings. The van der Waals surface area contributed by atoms with E-state index in [-0.39, 0.29) is 0 Å². The molecule has 78 valence electrons. The van der Waals surface area contributed by atoms with Crippen molar-refractivity contribution in [2.24, 2.45) is 11.7 Å². The van der Waals surface area contributed by atoms with Crippen molar-refractivity contribution in [2.45, 2.75) is 33.7 Å². The lowest BCUT2D eigenvalue weighted by Gasteiger charge is -2.05. The summed E-state index contributed by atoms with van der Waals surface area (Å²) < 4.78 is 1.86. The molecule has 0 amide bonds. The van der Waals surface area contributed by atoms with Crippen LogP contribution in [0.5, 0.6) is 0 Å². The van der Waals surface area contributed by atoms with Crippen molar-refractivity contribution >= 4 is 17.2 Å². The zero-order valence-corrected chi connectivity index (χ0v) is 9.64. The van der Waals surface area contributed by atoms with E-state index in [1.165, 1.54) is 0 Å². The van der Waals surface area contributed by atoms with E-state index < -0.39 is 0 Å². The van der Waals surface area contributed by atoms with E-state index in [1.54, 1.807) is 0 Å². The van der Waals surface area contributed by atoms with E-state index in [1.807, 2.05) is 11.6 Å². The average Bonchev–Trinajstić information content (AvgIpc) is 2.43. The molecule has 0 saturated carbocycles. The van der Waals surface area contributed by atoms with Gasteiger partial charge in [0.2, 0.25) is 0 Å². The number of nitrogens with two attached hydrogens (primary N) is 1. The van der Waals surface area contributed by atoms with Crippen LogP contribution in [-0.2, 0) is 6.54 Å². The van der Waals surface area contributed by atoms with E-state index in [0.29, 0.717) is 16.6 Å². The first-order valence-electron chi connectivity index (χ1n) is 4.72. The number of rotatable bonds is 4. The maximum absolute atomic E-state index is 5.50. The van der Waals surface area contributed by atoms with Gasteiger partial charge in [-0.2, -0.15) is 0 Å². The molecule has 0 spiro atoms. The normalized spacial score (nSPS) is 10.9. The highest BCUT2D eigenvalue weighted by Crippen LogP contribution is 2.07. The zero-order valence-electron chi connectivity index (χ0n) is 8.82. The lowest BCUT2D eigenvalue weighted by atomic mass is 10.1. The second kappa shape index (κ2) is 4.50. The van der Waals surface area contributed by atoms with Crippen LogP contribution in [0.1, 0.15) is 31.7 Å². The molecule has 0 aliphatic heterocycles. The first-order chi connectivity index (χ1) is 6.52. The summed E-state index contributed by atoms with van der Waals surface area (Å²) in [4.78, 5) is 0.318. The van der Waals surface area contributed by atoms with Gasteiger partial charge in [0.1, 0.15) is 10.7 Å². The molecule has 0 saturated heterocycles. The van der Waals surface area contributed by atoms with Crippen LogP contribution < -0.4 is 5.73 Å². The van der Waals surface area contributed by atoms with Gasteiger partial charge in [-0.15, -0.1) is 5.10 Å². The molecular formula is C9H16N4S. The molecule has 5 heteroatoms. The number of aromatic nitrogens is 3. The van der Waals surface area contributed by atoms with Gasteiger partial charge in [-0.3, -0.25) is 0 Å². The van der Waals surface area contributed by atoms with Gasteiger partial charge in [-0.25, -0.2) is 4.68 Å². The van der Waals surface area contributed by atoms with Crippen molar-refractivity contribution in [2.75, 3.05) is 0 Å². The highest BCUT2D eigenvalue weighted by Gasteiger charge is 2.10. The predicted octanol–water partition coefficient (Wildman–Crippen LogP) is 1.27. The highest BCUT2D eigenvalue weighted by atomic mass is 32.1. The number of hydrogen-bond acceptors (Lipinski definition) is 3. The Morgan fingerprint density at radius 1 is 1.57 bits per heavy atom. The van der Waals surface area contributed by atoms with Gasteiger partial charge in [0.05, 0.1) is 5.69 Å². The SMILES string of the molecule is Cc1c(C(N)=S)nnn1CCC(C)C. The van der Waals surface area contributed by atoms with Crippen LogP contribution in [0.25, 0.3) is 0 Å². The Labute approximate surface area is 89.5 Å². The van der Waals surface area contributed by atoms with E-state index in [2.05, 4.69) is 24.2 Å². The van der Waals surface area contributed by atoms with Gasteiger partial charge >= 0.3 is 0 Å². The molecule has 0 fully saturated rings. The minimum absolute atomic E-state index is 0.318. The van der Waals surface area contributed by atoms with Gasteiger partial charge in [0.15, 0.2) is 0 Å². The molecule has 0 unspecified atom stereocenters. The van der Waals surface area contributed by atoms with Crippen molar-refractivity contribution in [1.82, 2.24) is 15.0 Å². The van der Waals surface area contributed by atoms with Crippen molar-refractivity contribution in [3.63, 3.8) is 0 Å². The molecule has 4 nitrogen and oxygen atoms in total. The zero-order chi connectivity index (χ0) is 10.7. The standard InChI is InChI=1S/C9H16N4S/c1-6(2)4-5-13-7(3)8(9(10)14)11-12-13/h6H,4-5H2,1-3H3,(H2,10,14). The summed E-state index contributed by atoms with van der Waals surface area (Å²) >= 11 is 4.86. The maximum atomic E-state index is 5.50. The Balaban J connectivity index is 2.74. The highest BCUT2D eigenvalue weighted by molar-refractivity contribution is 7.80. The fourth-order valence-electron chi connectivity index (χ4n) is 1.18. The number of aryl methyl sites for hydroxylation is 1. The third-order valence-electron chi connectivity index (χ3n) is 2.13. The minimum atomic E-state index is 0.318. The van der Waals surface area contributed by atoms with Gasteiger partial charge in [-0.1, -0.05) is 31.3 Å². The van der Waals surface area contributed by atoms with Gasteiger partial charge in [-0.05, 0) is 19.3 Å². The second-order valence-electron chi connectivity index (χ2n) is 3.79. The van der Waals surface area contributed by atoms with Crippen LogP contribution in [0.3, 0.4) is 0 Å². The predicted molar refractivity (Wildman–Crippen MR) is 60.1 cm³/mol. The average molecular weight is 212 g/mol. The topological polar surface area (TPSA) is 56.7 Å². The molecule has 14 heavy (non-hydrogen) atoms. The summed E-state index contributed by atoms with van der Waals surface area (Å²) in [5, 5.41) is 7.95. The molecule has 1 rings (SSSR count). The minimum Gasteiger partial charge on any atom is -0.388 e. The summed E-state index contributed by atoms with van der Waals surface area (Å²) in [7, 11) is 0. The molecule has 0 bridgehead atoms. The van der Waals surface area contributed by atoms with Gasteiger partial charge in [0.25, 0.3) is 0 Å². The molecular weight excluding hydrogens is 196 g/mol. The molecule has 0 atom stereocenters. The Bertz CT molecular complexity index is 330. The Hall–Kier alpha value is -0.970. The van der Waals surface area contributed by atoms with E-state index in [4.69, 9.17) is 18.0 Å². The van der Waals surface area contributed by atoms with Crippen LogP contribution in [0.2, 0.25) is 0 Å². The Morgan fingerprint density at radius 3 is 2.64 bits per heavy atom. The number of thiocarbonyl (C=S) groups is 1. The lowest BCUT2D eigenvalue weighted by molar-refractivity contribution is 0.472. The van der Waals surface area contributed by atoms with Crippen molar-refractivity contribution in [3.05, 3.63) is 11.4 Å². The van der Waals surface area contributed by atoms with E-state index in [0.717, 1.165) is 18.7 Å². The fraction of sp³-hybridized carbons (Fsp3) is 0.667. The van der Waals surface area contributed by atoms with E-state index >= 15 is 0 Å². The molecule has 0 aromatic carbocycles. The summed E-state index contributed by atoms with van der Waals surface area (Å²) in [5.74, 6) is 0.659. The third-order valence-corrected chi connectivity index (χ3v) is 2.33. The summed E-state index contributed by atoms with van der Waals surface area (Å²) in [6.07, 6.45) is 1.08. The first kappa shape index (κ1) is 11.1. The summed E-state index contributed by atoms with van der Waals surface area (Å²) in [6, 6.07) is 0. The van der Waals surface area contributed by atoms with Crippen LogP contribution >= 0.6 is 12.2 Å². The monoisotopic (exact) mass is 212 g/mol. The molecule has 0 radical (unpaired) electrons. The van der Waals surface area contributed by atoms with Crippen molar-refractivity contribution in [3.8, 4) is 0 Å². The van der Waals surface area contributed by atoms with Gasteiger partial charge in [0, 0.05) is 6.54 Å². The maximum Gasteiger partial charge on any atom is 0.142 e. The second-order valence-corrected chi connectivity index (χ2v) is 4.23. The van der Waals surface area contributed by atoms with E-state index in [9.17, 15) is 0 Å². The number of nitrogens with zero attached hydrogens (tertiary/aromatic N) is 3. The Kier molecular flexibility index (Phi) is 3.57. The first-order valence-corrected chi connectivity index (χ1v) is 5.13. The largest absolute Gasteiger partial charge is 0.388 e. The molecule has 1 aromatic rings. The number of hydrogen-bond donors (Lipinski definition) is 1. The molecule has 1 aromatic heterocycles. The fourth-order valence-corrected chi connectivity index (χ4v) is 1.37. The molecule has 1 heterocycles. The molecule has 0 aliphatic carbocycles. The van der Waals surface area contributed by atoms with Crippen LogP contribution in [0.4, 0.5) is 0 Å². The lowest BCUT2D eigenvalue weighted by Crippen LogP contribution is -2.12. The third kappa shape index (κ3) is 2.51. The van der Waals surface area contributed by atoms with Crippen LogP contribution in [-0.4, -0.2) is 20.0 Å². The quantitative estimate of drug-likeness (QED) is 0.764. The smallest absolute Gasteiger partial charge is 0.142 e. The molecule has 2 N–H and O–H groups in total. The van der Waals surface area contributed by atoms with Crippen LogP contribution in [0, 0.1) is 12.8 Å². The summed E-state index contributed by atoms with van der Waals surface area (Å²) in [5.41, 5.74) is 7.10.